The molecule has 1 saturated carbocycles. The van der Waals surface area contributed by atoms with Crippen molar-refractivity contribution in [1.82, 2.24) is 4.57 Å². The van der Waals surface area contributed by atoms with Crippen LogP contribution in [0.4, 0.5) is 0 Å². The first-order chi connectivity index (χ1) is 10.2. The van der Waals surface area contributed by atoms with E-state index in [1.54, 1.807) is 12.3 Å². The van der Waals surface area contributed by atoms with Crippen LogP contribution in [0.5, 0.6) is 0 Å². The minimum absolute atomic E-state index is 0.0519. The van der Waals surface area contributed by atoms with Crippen molar-refractivity contribution < 1.29 is 0 Å². The average molecular weight is 302 g/mol. The van der Waals surface area contributed by atoms with Crippen LogP contribution in [0.2, 0.25) is 5.15 Å². The monoisotopic (exact) mass is 301 g/mol. The van der Waals surface area contributed by atoms with Crippen molar-refractivity contribution in [3.63, 3.8) is 0 Å². The molecule has 0 aliphatic heterocycles. The Labute approximate surface area is 130 Å². The second-order valence-electron chi connectivity index (χ2n) is 5.89. The van der Waals surface area contributed by atoms with Crippen molar-refractivity contribution >= 4 is 11.6 Å². The van der Waals surface area contributed by atoms with E-state index in [4.69, 9.17) is 11.6 Å². The van der Waals surface area contributed by atoms with Gasteiger partial charge in [0.1, 0.15) is 5.15 Å². The normalized spacial score (nSPS) is 16.0. The van der Waals surface area contributed by atoms with E-state index in [-0.39, 0.29) is 5.43 Å². The maximum atomic E-state index is 11.2. The van der Waals surface area contributed by atoms with Crippen LogP contribution in [-0.4, -0.2) is 4.57 Å². The van der Waals surface area contributed by atoms with Gasteiger partial charge in [0.2, 0.25) is 0 Å². The van der Waals surface area contributed by atoms with Crippen molar-refractivity contribution in [2.45, 2.75) is 44.6 Å². The van der Waals surface area contributed by atoms with Gasteiger partial charge in [0.05, 0.1) is 0 Å². The molecular weight excluding hydrogens is 282 g/mol. The van der Waals surface area contributed by atoms with Crippen molar-refractivity contribution in [2.24, 2.45) is 0 Å². The molecule has 0 spiro atoms. The molecule has 0 unspecified atom stereocenters. The maximum absolute atomic E-state index is 11.2. The van der Waals surface area contributed by atoms with Crippen LogP contribution in [0, 0.1) is 0 Å². The highest BCUT2D eigenvalue weighted by Crippen LogP contribution is 2.32. The van der Waals surface area contributed by atoms with Gasteiger partial charge in [0.25, 0.3) is 0 Å². The van der Waals surface area contributed by atoms with E-state index in [9.17, 15) is 4.79 Å². The molecule has 3 heteroatoms. The zero-order valence-electron chi connectivity index (χ0n) is 12.1. The van der Waals surface area contributed by atoms with Crippen molar-refractivity contribution in [3.05, 3.63) is 69.1 Å². The first-order valence-electron chi connectivity index (χ1n) is 7.67. The Kier molecular flexibility index (Phi) is 4.45. The quantitative estimate of drug-likeness (QED) is 0.760. The summed E-state index contributed by atoms with van der Waals surface area (Å²) < 4.78 is 1.89. The fourth-order valence-corrected chi connectivity index (χ4v) is 3.36. The first-order valence-corrected chi connectivity index (χ1v) is 8.05. The lowest BCUT2D eigenvalue weighted by molar-refractivity contribution is 0.443. The molecule has 1 aromatic heterocycles. The number of halogens is 1. The Hall–Kier alpha value is -1.54. The number of hydrogen-bond donors (Lipinski definition) is 0. The van der Waals surface area contributed by atoms with Crippen LogP contribution < -0.4 is 5.43 Å². The van der Waals surface area contributed by atoms with Gasteiger partial charge in [0, 0.05) is 24.9 Å². The van der Waals surface area contributed by atoms with E-state index in [1.165, 1.54) is 49.3 Å². The average Bonchev–Trinajstić information content (AvgIpc) is 2.52. The summed E-state index contributed by atoms with van der Waals surface area (Å²) in [7, 11) is 0. The molecule has 1 aliphatic carbocycles. The summed E-state index contributed by atoms with van der Waals surface area (Å²) in [6, 6.07) is 11.9. The van der Waals surface area contributed by atoms with Crippen molar-refractivity contribution in [1.29, 1.82) is 0 Å². The Bertz CT molecular complexity index is 654. The minimum atomic E-state index is -0.0519. The second kappa shape index (κ2) is 6.48. The lowest BCUT2D eigenvalue weighted by Gasteiger charge is -2.22. The van der Waals surface area contributed by atoms with Gasteiger partial charge in [-0.05, 0) is 29.9 Å². The lowest BCUT2D eigenvalue weighted by Crippen LogP contribution is -2.07. The van der Waals surface area contributed by atoms with Crippen molar-refractivity contribution in [2.75, 3.05) is 0 Å². The summed E-state index contributed by atoms with van der Waals surface area (Å²) in [6.07, 6.45) is 8.51. The Balaban J connectivity index is 1.73. The highest BCUT2D eigenvalue weighted by Gasteiger charge is 2.15. The summed E-state index contributed by atoms with van der Waals surface area (Å²) in [5.74, 6) is 0.740. The predicted molar refractivity (Wildman–Crippen MR) is 87.1 cm³/mol. The minimum Gasteiger partial charge on any atom is -0.334 e. The van der Waals surface area contributed by atoms with Gasteiger partial charge < -0.3 is 4.57 Å². The SMILES string of the molecule is O=c1ccn(Cc2ccc(C3CCCCC3)cc2)c(Cl)c1. The zero-order chi connectivity index (χ0) is 14.7. The summed E-state index contributed by atoms with van der Waals surface area (Å²) in [5.41, 5.74) is 2.62. The standard InChI is InChI=1S/C18H20ClNO/c19-18-12-17(21)10-11-20(18)13-14-6-8-16(9-7-14)15-4-2-1-3-5-15/h6-12,15H,1-5,13H2. The topological polar surface area (TPSA) is 22.0 Å². The third-order valence-corrected chi connectivity index (χ3v) is 4.69. The first kappa shape index (κ1) is 14.4. The Morgan fingerprint density at radius 1 is 1.05 bits per heavy atom. The van der Waals surface area contributed by atoms with Crippen LogP contribution in [0.15, 0.2) is 47.4 Å². The van der Waals surface area contributed by atoms with Crippen LogP contribution in [0.1, 0.15) is 49.1 Å². The van der Waals surface area contributed by atoms with E-state index in [0.717, 1.165) is 5.92 Å². The number of rotatable bonds is 3. The molecule has 0 atom stereocenters. The van der Waals surface area contributed by atoms with Crippen molar-refractivity contribution in [3.8, 4) is 0 Å². The molecule has 110 valence electrons. The van der Waals surface area contributed by atoms with Gasteiger partial charge >= 0.3 is 0 Å². The van der Waals surface area contributed by atoms with E-state index in [2.05, 4.69) is 24.3 Å². The molecule has 0 amide bonds. The van der Waals surface area contributed by atoms with Gasteiger partial charge in [0.15, 0.2) is 5.43 Å². The van der Waals surface area contributed by atoms with Gasteiger partial charge in [-0.25, -0.2) is 0 Å². The zero-order valence-corrected chi connectivity index (χ0v) is 12.9. The van der Waals surface area contributed by atoms with Crippen LogP contribution >= 0.6 is 11.6 Å². The van der Waals surface area contributed by atoms with E-state index in [1.807, 2.05) is 4.57 Å². The molecule has 1 aromatic carbocycles. The maximum Gasteiger partial charge on any atom is 0.183 e. The van der Waals surface area contributed by atoms with Gasteiger partial charge in [-0.1, -0.05) is 55.1 Å². The largest absolute Gasteiger partial charge is 0.334 e. The van der Waals surface area contributed by atoms with E-state index in [0.29, 0.717) is 11.7 Å². The highest BCUT2D eigenvalue weighted by atomic mass is 35.5. The molecule has 1 heterocycles. The molecule has 0 N–H and O–H groups in total. The third kappa shape index (κ3) is 3.56. The van der Waals surface area contributed by atoms with E-state index < -0.39 is 0 Å². The van der Waals surface area contributed by atoms with Crippen LogP contribution in [0.25, 0.3) is 0 Å². The molecule has 2 aromatic rings. The third-order valence-electron chi connectivity index (χ3n) is 4.36. The van der Waals surface area contributed by atoms with Crippen LogP contribution in [0.3, 0.4) is 0 Å². The summed E-state index contributed by atoms with van der Waals surface area (Å²) in [6.45, 7) is 0.698. The number of aromatic nitrogens is 1. The van der Waals surface area contributed by atoms with Gasteiger partial charge in [-0.15, -0.1) is 0 Å². The smallest absolute Gasteiger partial charge is 0.183 e. The highest BCUT2D eigenvalue weighted by molar-refractivity contribution is 6.29. The number of pyridine rings is 1. The molecule has 0 bridgehead atoms. The number of benzene rings is 1. The molecule has 0 saturated heterocycles. The van der Waals surface area contributed by atoms with Gasteiger partial charge in [-0.2, -0.15) is 0 Å². The molecule has 1 aliphatic rings. The molecule has 3 rings (SSSR count). The second-order valence-corrected chi connectivity index (χ2v) is 6.28. The van der Waals surface area contributed by atoms with Gasteiger partial charge in [-0.3, -0.25) is 4.79 Å². The number of nitrogens with zero attached hydrogens (tertiary/aromatic N) is 1. The number of hydrogen-bond acceptors (Lipinski definition) is 1. The molecule has 0 radical (unpaired) electrons. The van der Waals surface area contributed by atoms with E-state index >= 15 is 0 Å². The summed E-state index contributed by atoms with van der Waals surface area (Å²) >= 11 is 6.10. The Morgan fingerprint density at radius 3 is 2.43 bits per heavy atom. The summed E-state index contributed by atoms with van der Waals surface area (Å²) in [5, 5.41) is 0.485. The fraction of sp³-hybridized carbons (Fsp3) is 0.389. The molecular formula is C18H20ClNO. The predicted octanol–water partition coefficient (Wildman–Crippen LogP) is 4.60. The molecule has 1 fully saturated rings. The fourth-order valence-electron chi connectivity index (χ4n) is 3.14. The Morgan fingerprint density at radius 2 is 1.76 bits per heavy atom. The molecule has 2 nitrogen and oxygen atoms in total. The molecule has 21 heavy (non-hydrogen) atoms. The summed E-state index contributed by atoms with van der Waals surface area (Å²) in [4.78, 5) is 11.2. The van der Waals surface area contributed by atoms with Crippen LogP contribution in [-0.2, 0) is 6.54 Å². The lowest BCUT2D eigenvalue weighted by atomic mass is 9.84.